The van der Waals surface area contributed by atoms with E-state index < -0.39 is 23.8 Å². The van der Waals surface area contributed by atoms with Gasteiger partial charge in [-0.15, -0.1) is 0 Å². The molecule has 0 bridgehead atoms. The summed E-state index contributed by atoms with van der Waals surface area (Å²) >= 11 is 7.04. The van der Waals surface area contributed by atoms with Crippen LogP contribution in [0, 0.1) is 0 Å². The average Bonchev–Trinajstić information content (AvgIpc) is 3.12. The molecule has 1 aliphatic rings. The number of thiazole rings is 1. The van der Waals surface area contributed by atoms with Crippen molar-refractivity contribution in [2.24, 2.45) is 0 Å². The van der Waals surface area contributed by atoms with Crippen molar-refractivity contribution >= 4 is 44.2 Å². The van der Waals surface area contributed by atoms with Crippen LogP contribution in [0.3, 0.4) is 0 Å². The molecule has 1 aromatic heterocycles. The van der Waals surface area contributed by atoms with Crippen molar-refractivity contribution in [2.45, 2.75) is 31.7 Å². The van der Waals surface area contributed by atoms with E-state index >= 15 is 0 Å². The predicted octanol–water partition coefficient (Wildman–Crippen LogP) is 5.86. The molecule has 0 atom stereocenters. The number of nitrogens with one attached hydrogen (secondary N) is 1. The second-order valence-corrected chi connectivity index (χ2v) is 9.03. The summed E-state index contributed by atoms with van der Waals surface area (Å²) in [4.78, 5) is 18.9. The molecule has 5 nitrogen and oxygen atoms in total. The highest BCUT2D eigenvalue weighted by Gasteiger charge is 2.31. The van der Waals surface area contributed by atoms with Crippen LogP contribution in [0.25, 0.3) is 10.2 Å². The Bertz CT molecular complexity index is 1160. The fraction of sp³-hybridized carbons (Fsp3) is 0.333. The molecule has 0 unspecified atom stereocenters. The van der Waals surface area contributed by atoms with Crippen LogP contribution in [0.4, 0.5) is 22.7 Å². The summed E-state index contributed by atoms with van der Waals surface area (Å²) in [6.07, 6.45) is -4.50. The summed E-state index contributed by atoms with van der Waals surface area (Å²) < 4.78 is 52.4. The third kappa shape index (κ3) is 4.97. The van der Waals surface area contributed by atoms with Gasteiger partial charge in [0.2, 0.25) is 0 Å². The minimum absolute atomic E-state index is 0.0804. The Morgan fingerprint density at radius 3 is 2.66 bits per heavy atom. The standard InChI is InChI=1S/C21H18ClF4N3O2S/c22-13-7-11(10-29-5-3-14(23)4-6-29)18(30)15(9-13)19(31)28-20-27-16-2-1-12(21(24,25)26)8-17(16)32-20/h1-2,7-9,14,30H,3-6,10H2,(H,27,28,31). The van der Waals surface area contributed by atoms with Crippen LogP contribution in [-0.2, 0) is 12.7 Å². The number of halogens is 5. The lowest BCUT2D eigenvalue weighted by Crippen LogP contribution is -2.34. The zero-order valence-corrected chi connectivity index (χ0v) is 18.1. The first-order valence-corrected chi connectivity index (χ1v) is 11.0. The number of amides is 1. The summed E-state index contributed by atoms with van der Waals surface area (Å²) in [7, 11) is 0. The first-order chi connectivity index (χ1) is 15.1. The van der Waals surface area contributed by atoms with E-state index in [1.165, 1.54) is 12.1 Å². The normalized spacial score (nSPS) is 15.9. The lowest BCUT2D eigenvalue weighted by Gasteiger charge is -2.28. The monoisotopic (exact) mass is 487 g/mol. The second-order valence-electron chi connectivity index (χ2n) is 7.57. The zero-order valence-electron chi connectivity index (χ0n) is 16.5. The van der Waals surface area contributed by atoms with Crippen LogP contribution in [0.1, 0.15) is 34.3 Å². The fourth-order valence-electron chi connectivity index (χ4n) is 3.57. The lowest BCUT2D eigenvalue weighted by molar-refractivity contribution is -0.137. The van der Waals surface area contributed by atoms with Crippen molar-refractivity contribution in [1.82, 2.24) is 9.88 Å². The highest BCUT2D eigenvalue weighted by atomic mass is 35.5. The second kappa shape index (κ2) is 8.84. The molecule has 11 heteroatoms. The molecule has 2 aromatic carbocycles. The molecule has 0 spiro atoms. The van der Waals surface area contributed by atoms with Crippen molar-refractivity contribution in [3.8, 4) is 5.75 Å². The Kier molecular flexibility index (Phi) is 6.28. The number of carbonyl (C=O) groups excluding carboxylic acids is 1. The van der Waals surface area contributed by atoms with E-state index in [1.807, 2.05) is 4.90 Å². The number of hydrogen-bond acceptors (Lipinski definition) is 5. The summed E-state index contributed by atoms with van der Waals surface area (Å²) in [6, 6.07) is 5.98. The Morgan fingerprint density at radius 2 is 1.97 bits per heavy atom. The first kappa shape index (κ1) is 22.8. The van der Waals surface area contributed by atoms with Crippen molar-refractivity contribution < 1.29 is 27.5 Å². The van der Waals surface area contributed by atoms with Gasteiger partial charge in [-0.25, -0.2) is 9.37 Å². The Hall–Kier alpha value is -2.43. The van der Waals surface area contributed by atoms with Crippen LogP contribution in [0.15, 0.2) is 30.3 Å². The third-order valence-electron chi connectivity index (χ3n) is 5.25. The van der Waals surface area contributed by atoms with Crippen LogP contribution in [0.2, 0.25) is 5.02 Å². The molecule has 1 saturated heterocycles. The molecular weight excluding hydrogens is 470 g/mol. The largest absolute Gasteiger partial charge is 0.507 e. The maximum atomic E-state index is 13.4. The number of phenols is 1. The van der Waals surface area contributed by atoms with Gasteiger partial charge in [-0.3, -0.25) is 15.0 Å². The predicted molar refractivity (Wildman–Crippen MR) is 115 cm³/mol. The van der Waals surface area contributed by atoms with Crippen molar-refractivity contribution in [3.05, 3.63) is 52.0 Å². The molecular formula is C21H18ClF4N3O2S. The van der Waals surface area contributed by atoms with Gasteiger partial charge in [0.15, 0.2) is 5.13 Å². The van der Waals surface area contributed by atoms with Crippen LogP contribution < -0.4 is 5.32 Å². The number of likely N-dealkylation sites (tertiary alicyclic amines) is 1. The fourth-order valence-corrected chi connectivity index (χ4v) is 4.71. The Labute approximate surface area is 189 Å². The molecule has 2 heterocycles. The molecule has 1 aliphatic heterocycles. The minimum atomic E-state index is -4.48. The highest BCUT2D eigenvalue weighted by molar-refractivity contribution is 7.22. The van der Waals surface area contributed by atoms with E-state index in [-0.39, 0.29) is 26.2 Å². The maximum Gasteiger partial charge on any atom is 0.416 e. The summed E-state index contributed by atoms with van der Waals surface area (Å²) in [5.74, 6) is -0.946. The first-order valence-electron chi connectivity index (χ1n) is 9.77. The Balaban J connectivity index is 1.54. The molecule has 0 saturated carbocycles. The summed E-state index contributed by atoms with van der Waals surface area (Å²) in [5, 5.41) is 13.5. The maximum absolute atomic E-state index is 13.4. The van der Waals surface area contributed by atoms with Crippen LogP contribution in [-0.4, -0.2) is 40.2 Å². The van der Waals surface area contributed by atoms with Crippen LogP contribution >= 0.6 is 22.9 Å². The van der Waals surface area contributed by atoms with Gasteiger partial charge in [-0.05, 0) is 43.2 Å². The minimum Gasteiger partial charge on any atom is -0.507 e. The van der Waals surface area contributed by atoms with E-state index in [1.54, 1.807) is 6.07 Å². The topological polar surface area (TPSA) is 65.5 Å². The Morgan fingerprint density at radius 1 is 1.25 bits per heavy atom. The number of fused-ring (bicyclic) bond motifs is 1. The van der Waals surface area contributed by atoms with Gasteiger partial charge in [0.25, 0.3) is 5.91 Å². The molecule has 1 amide bonds. The van der Waals surface area contributed by atoms with Gasteiger partial charge >= 0.3 is 6.18 Å². The van der Waals surface area contributed by atoms with Gasteiger partial charge in [0.05, 0.1) is 21.3 Å². The van der Waals surface area contributed by atoms with Crippen molar-refractivity contribution in [3.63, 3.8) is 0 Å². The van der Waals surface area contributed by atoms with Gasteiger partial charge in [-0.2, -0.15) is 13.2 Å². The third-order valence-corrected chi connectivity index (χ3v) is 6.40. The van der Waals surface area contributed by atoms with Crippen molar-refractivity contribution in [2.75, 3.05) is 18.4 Å². The number of rotatable bonds is 4. The number of nitrogens with zero attached hydrogens (tertiary/aromatic N) is 2. The van der Waals surface area contributed by atoms with Gasteiger partial charge < -0.3 is 5.11 Å². The molecule has 0 aliphatic carbocycles. The number of anilines is 1. The van der Waals surface area contributed by atoms with Gasteiger partial charge in [-0.1, -0.05) is 22.9 Å². The van der Waals surface area contributed by atoms with E-state index in [4.69, 9.17) is 11.6 Å². The number of phenolic OH excluding ortho intramolecular Hbond substituents is 1. The van der Waals surface area contributed by atoms with Crippen molar-refractivity contribution in [1.29, 1.82) is 0 Å². The molecule has 170 valence electrons. The summed E-state index contributed by atoms with van der Waals surface area (Å²) in [5.41, 5.74) is -0.145. The SMILES string of the molecule is O=C(Nc1nc2ccc(C(F)(F)F)cc2s1)c1cc(Cl)cc(CN2CCC(F)CC2)c1O. The highest BCUT2D eigenvalue weighted by Crippen LogP contribution is 2.35. The molecule has 0 radical (unpaired) electrons. The smallest absolute Gasteiger partial charge is 0.416 e. The quantitative estimate of drug-likeness (QED) is 0.452. The van der Waals surface area contributed by atoms with Gasteiger partial charge in [0.1, 0.15) is 11.9 Å². The molecule has 3 aromatic rings. The molecule has 1 fully saturated rings. The number of alkyl halides is 4. The summed E-state index contributed by atoms with van der Waals surface area (Å²) in [6.45, 7) is 1.36. The van der Waals surface area contributed by atoms with E-state index in [2.05, 4.69) is 10.3 Å². The lowest BCUT2D eigenvalue weighted by atomic mass is 10.0. The van der Waals surface area contributed by atoms with Gasteiger partial charge in [0, 0.05) is 30.2 Å². The number of aromatic nitrogens is 1. The zero-order chi connectivity index (χ0) is 23.0. The molecule has 2 N–H and O–H groups in total. The number of carbonyl (C=O) groups is 1. The number of aromatic hydroxyl groups is 1. The number of piperidine rings is 1. The number of hydrogen-bond donors (Lipinski definition) is 2. The average molecular weight is 488 g/mol. The van der Waals surface area contributed by atoms with E-state index in [0.717, 1.165) is 23.5 Å². The van der Waals surface area contributed by atoms with E-state index in [0.29, 0.717) is 43.6 Å². The molecule has 4 rings (SSSR count). The van der Waals surface area contributed by atoms with E-state index in [9.17, 15) is 27.5 Å². The van der Waals surface area contributed by atoms with Crippen LogP contribution in [0.5, 0.6) is 5.75 Å². The molecule has 32 heavy (non-hydrogen) atoms. The number of benzene rings is 2.